The van der Waals surface area contributed by atoms with Crippen molar-refractivity contribution in [3.05, 3.63) is 46.5 Å². The molecule has 9 nitrogen and oxygen atoms in total. The number of anilines is 1. The Kier molecular flexibility index (Phi) is 5.50. The molecule has 0 bridgehead atoms. The molecule has 3 aromatic rings. The molecule has 3 heterocycles. The van der Waals surface area contributed by atoms with Gasteiger partial charge in [-0.1, -0.05) is 25.5 Å². The number of nitrogen functional groups attached to an aromatic ring is 1. The van der Waals surface area contributed by atoms with E-state index in [9.17, 15) is 9.90 Å². The highest BCUT2D eigenvalue weighted by Crippen LogP contribution is 2.31. The number of aromatic nitrogens is 4. The van der Waals surface area contributed by atoms with Crippen molar-refractivity contribution in [1.82, 2.24) is 19.5 Å². The van der Waals surface area contributed by atoms with Gasteiger partial charge in [0.25, 0.3) is 5.56 Å². The molecule has 9 heteroatoms. The van der Waals surface area contributed by atoms with Crippen molar-refractivity contribution in [2.75, 3.05) is 12.3 Å². The van der Waals surface area contributed by atoms with E-state index in [0.29, 0.717) is 12.1 Å². The van der Waals surface area contributed by atoms with E-state index in [0.717, 1.165) is 12.2 Å². The lowest BCUT2D eigenvalue weighted by atomic mass is 10.1. The molecule has 2 aromatic heterocycles. The molecule has 0 unspecified atom stereocenters. The van der Waals surface area contributed by atoms with Gasteiger partial charge in [-0.15, -0.1) is 0 Å². The fraction of sp³-hybridized carbons (Fsp3) is 0.450. The summed E-state index contributed by atoms with van der Waals surface area (Å²) in [6.45, 7) is 2.39. The molecule has 4 N–H and O–H groups in total. The Morgan fingerprint density at radius 3 is 2.93 bits per heavy atom. The van der Waals surface area contributed by atoms with E-state index < -0.39 is 24.0 Å². The molecule has 3 atom stereocenters. The van der Waals surface area contributed by atoms with Gasteiger partial charge in [-0.25, -0.2) is 4.98 Å². The number of unbranched alkanes of at least 4 members (excludes halogenated alkanes) is 1. The maximum atomic E-state index is 11.9. The van der Waals surface area contributed by atoms with Gasteiger partial charge in [0.2, 0.25) is 5.95 Å². The van der Waals surface area contributed by atoms with Gasteiger partial charge in [0.15, 0.2) is 11.2 Å². The lowest BCUT2D eigenvalue weighted by Crippen LogP contribution is -2.28. The maximum absolute atomic E-state index is 11.9. The number of H-pyrrole nitrogens is 1. The van der Waals surface area contributed by atoms with Crippen LogP contribution in [0.3, 0.4) is 0 Å². The number of ether oxygens (including phenoxy) is 2. The fourth-order valence-electron chi connectivity index (χ4n) is 3.50. The molecule has 1 aliphatic heterocycles. The number of hydrogen-bond donors (Lipinski definition) is 3. The highest BCUT2D eigenvalue weighted by atomic mass is 16.6. The van der Waals surface area contributed by atoms with Crippen LogP contribution < -0.4 is 16.0 Å². The van der Waals surface area contributed by atoms with Crippen LogP contribution in [0, 0.1) is 0 Å². The minimum atomic E-state index is -0.708. The molecule has 0 aliphatic carbocycles. The van der Waals surface area contributed by atoms with Crippen LogP contribution in [-0.2, 0) is 11.2 Å². The number of nitrogens with zero attached hydrogens (tertiary/aromatic N) is 3. The van der Waals surface area contributed by atoms with Crippen LogP contribution in [0.15, 0.2) is 35.4 Å². The quantitative estimate of drug-likeness (QED) is 0.552. The van der Waals surface area contributed by atoms with Crippen LogP contribution in [-0.4, -0.2) is 43.4 Å². The second-order valence-electron chi connectivity index (χ2n) is 7.27. The van der Waals surface area contributed by atoms with Crippen molar-refractivity contribution in [3.63, 3.8) is 0 Å². The molecule has 0 radical (unpaired) electrons. The molecule has 0 amide bonds. The first-order chi connectivity index (χ1) is 14.0. The average molecular weight is 399 g/mol. The lowest BCUT2D eigenvalue weighted by molar-refractivity contribution is -0.0381. The van der Waals surface area contributed by atoms with Crippen molar-refractivity contribution in [3.8, 4) is 5.75 Å². The van der Waals surface area contributed by atoms with Crippen LogP contribution in [0.1, 0.15) is 38.0 Å². The standard InChI is InChI=1S/C20H25N5O4/c1-2-3-4-12-5-7-13(8-6-12)28-10-15-14(26)9-16(29-15)25-11-22-17-18(25)23-20(21)24-19(17)27/h5-8,11,14-16,26H,2-4,9-10H2,1H3,(H3,21,23,24,27)/t14-,15+,16+/m0/s1. The first kappa shape index (κ1) is 19.4. The molecular weight excluding hydrogens is 374 g/mol. The maximum Gasteiger partial charge on any atom is 0.280 e. The van der Waals surface area contributed by atoms with Crippen LogP contribution in [0.5, 0.6) is 5.75 Å². The molecule has 1 aromatic carbocycles. The Morgan fingerprint density at radius 2 is 2.17 bits per heavy atom. The number of rotatable bonds is 7. The zero-order valence-corrected chi connectivity index (χ0v) is 16.2. The molecule has 0 spiro atoms. The van der Waals surface area contributed by atoms with Crippen molar-refractivity contribution in [1.29, 1.82) is 0 Å². The summed E-state index contributed by atoms with van der Waals surface area (Å²) in [5.74, 6) is 0.739. The summed E-state index contributed by atoms with van der Waals surface area (Å²) in [5.41, 5.74) is 7.02. The average Bonchev–Trinajstić information content (AvgIpc) is 3.29. The molecular formula is C20H25N5O4. The molecule has 29 heavy (non-hydrogen) atoms. The van der Waals surface area contributed by atoms with Crippen molar-refractivity contribution >= 4 is 17.1 Å². The Balaban J connectivity index is 1.41. The van der Waals surface area contributed by atoms with Gasteiger partial charge in [-0.05, 0) is 30.5 Å². The minimum absolute atomic E-state index is 0.00469. The Labute approximate surface area is 167 Å². The van der Waals surface area contributed by atoms with E-state index in [1.165, 1.54) is 24.7 Å². The zero-order valence-electron chi connectivity index (χ0n) is 16.2. The second-order valence-corrected chi connectivity index (χ2v) is 7.27. The number of benzene rings is 1. The number of nitrogens with one attached hydrogen (secondary N) is 1. The largest absolute Gasteiger partial charge is 0.491 e. The number of fused-ring (bicyclic) bond motifs is 1. The van der Waals surface area contributed by atoms with Crippen molar-refractivity contribution < 1.29 is 14.6 Å². The van der Waals surface area contributed by atoms with Crippen LogP contribution >= 0.6 is 0 Å². The van der Waals surface area contributed by atoms with E-state index in [4.69, 9.17) is 15.2 Å². The molecule has 4 rings (SSSR count). The Morgan fingerprint density at radius 1 is 1.38 bits per heavy atom. The Bertz CT molecular complexity index is 1030. The molecule has 154 valence electrons. The van der Waals surface area contributed by atoms with Gasteiger partial charge in [-0.3, -0.25) is 14.3 Å². The van der Waals surface area contributed by atoms with E-state index in [1.54, 1.807) is 4.57 Å². The smallest absolute Gasteiger partial charge is 0.280 e. The summed E-state index contributed by atoms with van der Waals surface area (Å²) < 4.78 is 13.4. The Hall–Kier alpha value is -2.91. The van der Waals surface area contributed by atoms with Crippen LogP contribution in [0.25, 0.3) is 11.2 Å². The zero-order chi connectivity index (χ0) is 20.4. The highest BCUT2D eigenvalue weighted by molar-refractivity contribution is 5.70. The molecule has 1 aliphatic rings. The number of hydrogen-bond acceptors (Lipinski definition) is 7. The topological polar surface area (TPSA) is 128 Å². The number of aliphatic hydroxyl groups is 1. The van der Waals surface area contributed by atoms with E-state index >= 15 is 0 Å². The van der Waals surface area contributed by atoms with E-state index in [-0.39, 0.29) is 18.1 Å². The van der Waals surface area contributed by atoms with Gasteiger partial charge in [-0.2, -0.15) is 4.98 Å². The van der Waals surface area contributed by atoms with Crippen molar-refractivity contribution in [2.24, 2.45) is 0 Å². The number of aryl methyl sites for hydroxylation is 1. The summed E-state index contributed by atoms with van der Waals surface area (Å²) in [6.07, 6.45) is 3.48. The fourth-order valence-corrected chi connectivity index (χ4v) is 3.50. The minimum Gasteiger partial charge on any atom is -0.491 e. The number of imidazole rings is 1. The SMILES string of the molecule is CCCCc1ccc(OC[C@H]2O[C@@H](n3cnc4c(=O)[nH]c(N)nc43)C[C@@H]2O)cc1. The second kappa shape index (κ2) is 8.22. The summed E-state index contributed by atoms with van der Waals surface area (Å²) in [4.78, 5) is 22.6. The number of nitrogens with two attached hydrogens (primary N) is 1. The summed E-state index contributed by atoms with van der Waals surface area (Å²) in [6, 6.07) is 7.99. The summed E-state index contributed by atoms with van der Waals surface area (Å²) in [5, 5.41) is 10.4. The van der Waals surface area contributed by atoms with Crippen LogP contribution in [0.4, 0.5) is 5.95 Å². The van der Waals surface area contributed by atoms with Gasteiger partial charge >= 0.3 is 0 Å². The predicted molar refractivity (Wildman–Crippen MR) is 108 cm³/mol. The van der Waals surface area contributed by atoms with Gasteiger partial charge in [0.05, 0.1) is 12.4 Å². The first-order valence-electron chi connectivity index (χ1n) is 9.82. The molecule has 1 fully saturated rings. The third-order valence-corrected chi connectivity index (χ3v) is 5.12. The first-order valence-corrected chi connectivity index (χ1v) is 9.82. The molecule has 1 saturated heterocycles. The summed E-state index contributed by atoms with van der Waals surface area (Å²) in [7, 11) is 0. The van der Waals surface area contributed by atoms with E-state index in [2.05, 4.69) is 34.0 Å². The lowest BCUT2D eigenvalue weighted by Gasteiger charge is -2.16. The number of aromatic amines is 1. The predicted octanol–water partition coefficient (Wildman–Crippen LogP) is 1.77. The normalized spacial score (nSPS) is 21.7. The van der Waals surface area contributed by atoms with Gasteiger partial charge in [0.1, 0.15) is 24.7 Å². The van der Waals surface area contributed by atoms with Crippen molar-refractivity contribution in [2.45, 2.75) is 51.0 Å². The third kappa shape index (κ3) is 4.10. The highest BCUT2D eigenvalue weighted by Gasteiger charge is 2.36. The van der Waals surface area contributed by atoms with Crippen LogP contribution in [0.2, 0.25) is 0 Å². The van der Waals surface area contributed by atoms with Gasteiger partial charge < -0.3 is 20.3 Å². The summed E-state index contributed by atoms with van der Waals surface area (Å²) >= 11 is 0. The monoisotopic (exact) mass is 399 g/mol. The number of aliphatic hydroxyl groups excluding tert-OH is 1. The third-order valence-electron chi connectivity index (χ3n) is 5.12. The molecule has 0 saturated carbocycles. The van der Waals surface area contributed by atoms with Gasteiger partial charge in [0, 0.05) is 6.42 Å². The van der Waals surface area contributed by atoms with E-state index in [1.807, 2.05) is 12.1 Å².